The van der Waals surface area contributed by atoms with Crippen LogP contribution in [0.15, 0.2) is 82.4 Å². The van der Waals surface area contributed by atoms with E-state index in [1.807, 2.05) is 4.90 Å². The minimum absolute atomic E-state index is 0.0714. The van der Waals surface area contributed by atoms with Gasteiger partial charge in [-0.1, -0.05) is 48.5 Å². The van der Waals surface area contributed by atoms with Crippen LogP contribution in [0.3, 0.4) is 0 Å². The van der Waals surface area contributed by atoms with Gasteiger partial charge in [-0.3, -0.25) is 18.8 Å². The van der Waals surface area contributed by atoms with E-state index in [0.29, 0.717) is 30.8 Å². The Kier molecular flexibility index (Phi) is 8.85. The summed E-state index contributed by atoms with van der Waals surface area (Å²) >= 11 is 0. The monoisotopic (exact) mass is 676 g/mol. The van der Waals surface area contributed by atoms with Gasteiger partial charge in [0.15, 0.2) is 0 Å². The molecule has 1 atom stereocenters. The van der Waals surface area contributed by atoms with Gasteiger partial charge in [0.05, 0.1) is 42.1 Å². The highest BCUT2D eigenvalue weighted by Gasteiger charge is 2.47. The second-order valence-corrected chi connectivity index (χ2v) is 12.1. The number of likely N-dealkylation sites (tertiary alicyclic amines) is 1. The maximum Gasteiger partial charge on any atom is 0.416 e. The number of rotatable bonds is 7. The summed E-state index contributed by atoms with van der Waals surface area (Å²) in [6.07, 6.45) is -8.85. The largest absolute Gasteiger partial charge is 0.416 e. The summed E-state index contributed by atoms with van der Waals surface area (Å²) in [5.74, 6) is -1.16. The molecular formula is C34H31F7N4O3. The summed E-state index contributed by atoms with van der Waals surface area (Å²) in [7, 11) is 0. The molecule has 2 N–H and O–H groups in total. The van der Waals surface area contributed by atoms with Gasteiger partial charge in [0, 0.05) is 31.2 Å². The molecule has 1 saturated heterocycles. The molecule has 48 heavy (non-hydrogen) atoms. The van der Waals surface area contributed by atoms with Gasteiger partial charge in [0.2, 0.25) is 0 Å². The van der Waals surface area contributed by atoms with Crippen LogP contribution in [-0.2, 0) is 48.9 Å². The molecular weight excluding hydrogens is 645 g/mol. The minimum Gasteiger partial charge on any atom is -0.364 e. The predicted molar refractivity (Wildman–Crippen MR) is 161 cm³/mol. The van der Waals surface area contributed by atoms with Crippen molar-refractivity contribution in [1.29, 1.82) is 0 Å². The standard InChI is InChI=1S/C34H31F7N4O3/c35-26-8-4-7-25(34(39,40)41)24(26)18-44-28-20-48-32(13-15-43(16-14-32)17-21-9-11-23(12-10-21)33(36,37)38)29(28)30(46)45(31(44)47)19-27(42)22-5-2-1-3-6-22/h1-12,27H,13-20,42H2. The van der Waals surface area contributed by atoms with Gasteiger partial charge in [-0.05, 0) is 48.2 Å². The van der Waals surface area contributed by atoms with Crippen LogP contribution < -0.4 is 17.0 Å². The van der Waals surface area contributed by atoms with Gasteiger partial charge in [0.1, 0.15) is 11.4 Å². The number of alkyl halides is 6. The normalized spacial score (nSPS) is 17.1. The lowest BCUT2D eigenvalue weighted by molar-refractivity contribution is -0.139. The first-order valence-electron chi connectivity index (χ1n) is 15.2. The topological polar surface area (TPSA) is 82.5 Å². The molecule has 3 aromatic carbocycles. The number of nitrogens with two attached hydrogens (primary N) is 1. The maximum atomic E-state index is 15.0. The lowest BCUT2D eigenvalue weighted by atomic mass is 9.85. The zero-order chi connectivity index (χ0) is 34.4. The lowest BCUT2D eigenvalue weighted by Gasteiger charge is -2.39. The number of aromatic nitrogens is 2. The number of halogens is 7. The summed E-state index contributed by atoms with van der Waals surface area (Å²) in [5, 5.41) is 0. The number of ether oxygens (including phenoxy) is 1. The van der Waals surface area contributed by atoms with Crippen molar-refractivity contribution in [2.75, 3.05) is 13.1 Å². The molecule has 0 amide bonds. The second kappa shape index (κ2) is 12.6. The maximum absolute atomic E-state index is 15.0. The minimum atomic E-state index is -4.91. The van der Waals surface area contributed by atoms with E-state index >= 15 is 4.39 Å². The summed E-state index contributed by atoms with van der Waals surface area (Å²) in [4.78, 5) is 30.1. The molecule has 0 radical (unpaired) electrons. The molecule has 1 aromatic heterocycles. The molecule has 7 nitrogen and oxygen atoms in total. The molecule has 1 spiro atoms. The van der Waals surface area contributed by atoms with Crippen molar-refractivity contribution >= 4 is 0 Å². The quantitative estimate of drug-likeness (QED) is 0.245. The lowest BCUT2D eigenvalue weighted by Crippen LogP contribution is -2.49. The van der Waals surface area contributed by atoms with Crippen molar-refractivity contribution < 1.29 is 35.5 Å². The van der Waals surface area contributed by atoms with Gasteiger partial charge in [0.25, 0.3) is 5.56 Å². The van der Waals surface area contributed by atoms with E-state index in [9.17, 15) is 35.9 Å². The Morgan fingerprint density at radius 1 is 0.812 bits per heavy atom. The molecule has 0 bridgehead atoms. The highest BCUT2D eigenvalue weighted by atomic mass is 19.4. The molecule has 0 saturated carbocycles. The van der Waals surface area contributed by atoms with Crippen LogP contribution in [0.25, 0.3) is 0 Å². The summed E-state index contributed by atoms with van der Waals surface area (Å²) < 4.78 is 104. The Bertz CT molecular complexity index is 1910. The van der Waals surface area contributed by atoms with Crippen molar-refractivity contribution in [3.05, 3.63) is 139 Å². The molecule has 0 aliphatic carbocycles. The van der Waals surface area contributed by atoms with Crippen molar-refractivity contribution in [3.8, 4) is 0 Å². The number of hydrogen-bond donors (Lipinski definition) is 1. The van der Waals surface area contributed by atoms with Crippen molar-refractivity contribution in [2.24, 2.45) is 5.73 Å². The van der Waals surface area contributed by atoms with Gasteiger partial charge < -0.3 is 10.5 Å². The Morgan fingerprint density at radius 2 is 1.48 bits per heavy atom. The molecule has 1 fully saturated rings. The van der Waals surface area contributed by atoms with E-state index in [4.69, 9.17) is 10.5 Å². The molecule has 6 rings (SSSR count). The fraction of sp³-hybridized carbons (Fsp3) is 0.353. The van der Waals surface area contributed by atoms with Crippen molar-refractivity contribution in [2.45, 2.75) is 63.1 Å². The number of fused-ring (bicyclic) bond motifs is 2. The Morgan fingerprint density at radius 3 is 2.10 bits per heavy atom. The molecule has 14 heteroatoms. The number of nitrogens with zero attached hydrogens (tertiary/aromatic N) is 3. The molecule has 3 heterocycles. The van der Waals surface area contributed by atoms with Gasteiger partial charge in [-0.2, -0.15) is 26.3 Å². The first kappa shape index (κ1) is 33.6. The van der Waals surface area contributed by atoms with E-state index in [0.717, 1.165) is 39.5 Å². The SMILES string of the molecule is NC(Cn1c(=O)c2c(n(Cc3c(F)cccc3C(F)(F)F)c1=O)COC21CCN(Cc2ccc(C(F)(F)F)cc2)CC1)c1ccccc1. The zero-order valence-electron chi connectivity index (χ0n) is 25.5. The van der Waals surface area contributed by atoms with E-state index in [1.165, 1.54) is 12.1 Å². The van der Waals surface area contributed by atoms with Crippen molar-refractivity contribution in [3.63, 3.8) is 0 Å². The van der Waals surface area contributed by atoms with E-state index in [-0.39, 0.29) is 37.3 Å². The Hall–Kier alpha value is -4.27. The zero-order valence-corrected chi connectivity index (χ0v) is 25.5. The van der Waals surface area contributed by atoms with E-state index in [1.54, 1.807) is 30.3 Å². The number of piperidine rings is 1. The summed E-state index contributed by atoms with van der Waals surface area (Å²) in [6.45, 7) is -0.288. The Balaban J connectivity index is 1.37. The number of hydrogen-bond acceptors (Lipinski definition) is 5. The first-order chi connectivity index (χ1) is 22.7. The van der Waals surface area contributed by atoms with Crippen LogP contribution in [0.4, 0.5) is 30.7 Å². The molecule has 2 aliphatic heterocycles. The smallest absolute Gasteiger partial charge is 0.364 e. The molecule has 254 valence electrons. The van der Waals surface area contributed by atoms with Gasteiger partial charge >= 0.3 is 18.0 Å². The second-order valence-electron chi connectivity index (χ2n) is 12.1. The van der Waals surface area contributed by atoms with E-state index < -0.39 is 64.3 Å². The first-order valence-corrected chi connectivity index (χ1v) is 15.2. The van der Waals surface area contributed by atoms with Crippen LogP contribution >= 0.6 is 0 Å². The average Bonchev–Trinajstić information content (AvgIpc) is 3.41. The van der Waals surface area contributed by atoms with Crippen LogP contribution in [0, 0.1) is 5.82 Å². The fourth-order valence-corrected chi connectivity index (χ4v) is 6.62. The van der Waals surface area contributed by atoms with Crippen molar-refractivity contribution in [1.82, 2.24) is 14.0 Å². The molecule has 1 unspecified atom stereocenters. The fourth-order valence-electron chi connectivity index (χ4n) is 6.62. The van der Waals surface area contributed by atoms with Gasteiger partial charge in [-0.25, -0.2) is 9.18 Å². The molecule has 4 aromatic rings. The highest BCUT2D eigenvalue weighted by Crippen LogP contribution is 2.43. The third-order valence-electron chi connectivity index (χ3n) is 9.17. The van der Waals surface area contributed by atoms with Crippen LogP contribution in [0.5, 0.6) is 0 Å². The van der Waals surface area contributed by atoms with Crippen LogP contribution in [-0.4, -0.2) is 27.1 Å². The average molecular weight is 677 g/mol. The summed E-state index contributed by atoms with van der Waals surface area (Å²) in [6, 6.07) is 15.2. The highest BCUT2D eigenvalue weighted by molar-refractivity contribution is 5.35. The number of benzene rings is 3. The molecule has 2 aliphatic rings. The van der Waals surface area contributed by atoms with Crippen LogP contribution in [0.1, 0.15) is 58.0 Å². The summed E-state index contributed by atoms with van der Waals surface area (Å²) in [5.41, 5.74) is 2.28. The predicted octanol–water partition coefficient (Wildman–Crippen LogP) is 5.96. The third kappa shape index (κ3) is 6.43. The van der Waals surface area contributed by atoms with Crippen LogP contribution in [0.2, 0.25) is 0 Å². The Labute approximate surface area is 270 Å². The van der Waals surface area contributed by atoms with E-state index in [2.05, 4.69) is 0 Å². The van der Waals surface area contributed by atoms with Gasteiger partial charge in [-0.15, -0.1) is 0 Å². The third-order valence-corrected chi connectivity index (χ3v) is 9.17.